The van der Waals surface area contributed by atoms with Crippen LogP contribution in [0.5, 0.6) is 0 Å². The third-order valence-electron chi connectivity index (χ3n) is 6.46. The minimum atomic E-state index is -1.58. The van der Waals surface area contributed by atoms with E-state index in [0.717, 1.165) is 28.5 Å². The second-order valence-electron chi connectivity index (χ2n) is 7.46. The molecule has 2 bridgehead atoms. The number of nitrogens with zero attached hydrogens (tertiary/aromatic N) is 4. The highest BCUT2D eigenvalue weighted by Gasteiger charge is 2.58. The monoisotopic (exact) mass is 419 g/mol. The van der Waals surface area contributed by atoms with Crippen LogP contribution < -0.4 is 5.73 Å². The Morgan fingerprint density at radius 2 is 1.89 bits per heavy atom. The molecule has 0 amide bonds. The molecule has 27 heavy (non-hydrogen) atoms. The van der Waals surface area contributed by atoms with E-state index in [1.165, 1.54) is 0 Å². The lowest BCUT2D eigenvalue weighted by Gasteiger charge is -2.48. The van der Waals surface area contributed by atoms with E-state index in [0.29, 0.717) is 5.57 Å². The molecule has 4 rings (SSSR count). The molecule has 0 saturated carbocycles. The van der Waals surface area contributed by atoms with E-state index in [-0.39, 0.29) is 23.7 Å². The molecule has 0 radical (unpaired) electrons. The van der Waals surface area contributed by atoms with Crippen molar-refractivity contribution in [1.29, 1.82) is 15.8 Å². The second kappa shape index (κ2) is 6.24. The Bertz CT molecular complexity index is 989. The van der Waals surface area contributed by atoms with Crippen molar-refractivity contribution >= 4 is 15.9 Å². The van der Waals surface area contributed by atoms with E-state index in [1.54, 1.807) is 0 Å². The molecule has 4 unspecified atom stereocenters. The van der Waals surface area contributed by atoms with Gasteiger partial charge < -0.3 is 5.73 Å². The zero-order chi connectivity index (χ0) is 19.3. The maximum absolute atomic E-state index is 10.1. The van der Waals surface area contributed by atoms with E-state index >= 15 is 0 Å². The van der Waals surface area contributed by atoms with Crippen LogP contribution in [0.15, 0.2) is 51.7 Å². The average Bonchev–Trinajstić information content (AvgIpc) is 2.91. The molecule has 2 heterocycles. The molecule has 2 aliphatic heterocycles. The topological polar surface area (TPSA) is 101 Å². The predicted molar refractivity (Wildman–Crippen MR) is 104 cm³/mol. The normalized spacial score (nSPS) is 31.3. The highest BCUT2D eigenvalue weighted by Crippen LogP contribution is 2.58. The van der Waals surface area contributed by atoms with Gasteiger partial charge in [-0.15, -0.1) is 0 Å². The summed E-state index contributed by atoms with van der Waals surface area (Å²) in [7, 11) is 2.08. The Morgan fingerprint density at radius 3 is 2.52 bits per heavy atom. The van der Waals surface area contributed by atoms with Crippen LogP contribution in [-0.4, -0.2) is 24.0 Å². The van der Waals surface area contributed by atoms with Crippen LogP contribution in [0.1, 0.15) is 24.3 Å². The predicted octanol–water partition coefficient (Wildman–Crippen LogP) is 3.34. The Labute approximate surface area is 167 Å². The van der Waals surface area contributed by atoms with Crippen molar-refractivity contribution in [2.75, 3.05) is 7.05 Å². The van der Waals surface area contributed by atoms with Gasteiger partial charge in [-0.1, -0.05) is 40.2 Å². The van der Waals surface area contributed by atoms with Crippen LogP contribution in [0.4, 0.5) is 0 Å². The molecule has 3 aliphatic rings. The summed E-state index contributed by atoms with van der Waals surface area (Å²) in [6.07, 6.45) is 4.11. The number of fused-ring (bicyclic) bond motifs is 4. The minimum Gasteiger partial charge on any atom is -0.399 e. The van der Waals surface area contributed by atoms with Gasteiger partial charge in [0, 0.05) is 28.4 Å². The molecule has 0 spiro atoms. The molecule has 1 aromatic carbocycles. The van der Waals surface area contributed by atoms with Crippen molar-refractivity contribution in [3.05, 3.63) is 57.2 Å². The van der Waals surface area contributed by atoms with E-state index in [9.17, 15) is 15.8 Å². The highest BCUT2D eigenvalue weighted by atomic mass is 79.9. The maximum Gasteiger partial charge on any atom is 0.191 e. The van der Waals surface area contributed by atoms with E-state index in [2.05, 4.69) is 52.2 Å². The molecular formula is C21H18BrN5. The second-order valence-corrected chi connectivity index (χ2v) is 8.31. The smallest absolute Gasteiger partial charge is 0.191 e. The summed E-state index contributed by atoms with van der Waals surface area (Å²) in [5.74, 6) is -0.577. The first-order chi connectivity index (χ1) is 13.0. The first kappa shape index (κ1) is 17.8. The number of allylic oxidation sites excluding steroid dienone is 2. The molecule has 1 aromatic rings. The SMILES string of the molecule is CN1C2C=C3C(C#N)=C(N)C(C#N)(C#N)C(c4ccccc4Br)C3C1CC2. The number of hydrogen-bond donors (Lipinski definition) is 1. The largest absolute Gasteiger partial charge is 0.399 e. The van der Waals surface area contributed by atoms with Crippen molar-refractivity contribution in [3.8, 4) is 18.2 Å². The van der Waals surface area contributed by atoms with Crippen LogP contribution in [0.25, 0.3) is 0 Å². The summed E-state index contributed by atoms with van der Waals surface area (Å²) in [6.45, 7) is 0. The van der Waals surface area contributed by atoms with Crippen LogP contribution in [0.3, 0.4) is 0 Å². The Hall–Kier alpha value is -2.59. The lowest BCUT2D eigenvalue weighted by Crippen LogP contribution is -2.51. The Balaban J connectivity index is 2.08. The van der Waals surface area contributed by atoms with Gasteiger partial charge in [-0.2, -0.15) is 15.8 Å². The molecule has 1 aliphatic carbocycles. The molecule has 4 atom stereocenters. The fourth-order valence-corrected chi connectivity index (χ4v) is 5.69. The molecule has 0 aromatic heterocycles. The van der Waals surface area contributed by atoms with Gasteiger partial charge in [0.05, 0.1) is 23.4 Å². The molecule has 5 nitrogen and oxygen atoms in total. The highest BCUT2D eigenvalue weighted by molar-refractivity contribution is 9.10. The van der Waals surface area contributed by atoms with Crippen molar-refractivity contribution in [2.24, 2.45) is 17.1 Å². The molecule has 1 fully saturated rings. The van der Waals surface area contributed by atoms with Gasteiger partial charge >= 0.3 is 0 Å². The van der Waals surface area contributed by atoms with Gasteiger partial charge in [-0.05, 0) is 37.1 Å². The summed E-state index contributed by atoms with van der Waals surface area (Å²) in [5.41, 5.74) is 6.98. The maximum atomic E-state index is 10.1. The number of nitrogens with two attached hydrogens (primary N) is 1. The molecular weight excluding hydrogens is 402 g/mol. The number of halogens is 1. The van der Waals surface area contributed by atoms with Gasteiger partial charge in [0.1, 0.15) is 6.07 Å². The minimum absolute atomic E-state index is 0.0854. The van der Waals surface area contributed by atoms with Gasteiger partial charge in [0.15, 0.2) is 5.41 Å². The van der Waals surface area contributed by atoms with E-state index in [1.807, 2.05) is 24.3 Å². The van der Waals surface area contributed by atoms with Crippen LogP contribution in [0, 0.1) is 45.3 Å². The summed E-state index contributed by atoms with van der Waals surface area (Å²) >= 11 is 3.60. The van der Waals surface area contributed by atoms with Crippen molar-refractivity contribution in [2.45, 2.75) is 30.8 Å². The fourth-order valence-electron chi connectivity index (χ4n) is 5.16. The fraction of sp³-hybridized carbons (Fsp3) is 0.381. The summed E-state index contributed by atoms with van der Waals surface area (Å²) in [6, 6.07) is 14.7. The summed E-state index contributed by atoms with van der Waals surface area (Å²) in [4.78, 5) is 2.31. The van der Waals surface area contributed by atoms with Gasteiger partial charge in [-0.3, -0.25) is 4.90 Å². The molecule has 134 valence electrons. The first-order valence-electron chi connectivity index (χ1n) is 8.91. The van der Waals surface area contributed by atoms with Crippen LogP contribution in [0.2, 0.25) is 0 Å². The quantitative estimate of drug-likeness (QED) is 0.751. The van der Waals surface area contributed by atoms with E-state index < -0.39 is 11.3 Å². The van der Waals surface area contributed by atoms with Crippen molar-refractivity contribution in [3.63, 3.8) is 0 Å². The van der Waals surface area contributed by atoms with Crippen LogP contribution >= 0.6 is 15.9 Å². The molecule has 2 N–H and O–H groups in total. The number of hydrogen-bond acceptors (Lipinski definition) is 5. The average molecular weight is 420 g/mol. The van der Waals surface area contributed by atoms with Gasteiger partial charge in [0.2, 0.25) is 0 Å². The number of likely N-dealkylation sites (N-methyl/N-ethyl adjacent to an activating group) is 1. The molecule has 1 saturated heterocycles. The van der Waals surface area contributed by atoms with Crippen molar-refractivity contribution < 1.29 is 0 Å². The van der Waals surface area contributed by atoms with Crippen LogP contribution in [-0.2, 0) is 0 Å². The van der Waals surface area contributed by atoms with Gasteiger partial charge in [-0.25, -0.2) is 0 Å². The number of nitriles is 3. The van der Waals surface area contributed by atoms with E-state index in [4.69, 9.17) is 5.73 Å². The number of rotatable bonds is 1. The van der Waals surface area contributed by atoms with Crippen molar-refractivity contribution in [1.82, 2.24) is 4.90 Å². The lowest BCUT2D eigenvalue weighted by atomic mass is 9.56. The standard InChI is InChI=1S/C21H18BrN5/c1-27-12-6-7-17(27)18-14(8-12)15(9-23)20(26)21(10-24,11-25)19(18)13-4-2-3-5-16(13)22/h2-5,8,12,17-19H,6-7,26H2,1H3. The zero-order valence-electron chi connectivity index (χ0n) is 14.9. The zero-order valence-corrected chi connectivity index (χ0v) is 16.4. The Kier molecular flexibility index (Phi) is 4.11. The molecule has 6 heteroatoms. The Morgan fingerprint density at radius 1 is 1.19 bits per heavy atom. The third-order valence-corrected chi connectivity index (χ3v) is 7.19. The first-order valence-corrected chi connectivity index (χ1v) is 9.70. The number of benzene rings is 1. The summed E-state index contributed by atoms with van der Waals surface area (Å²) < 4.78 is 0.847. The summed E-state index contributed by atoms with van der Waals surface area (Å²) in [5, 5.41) is 30.1. The third kappa shape index (κ3) is 2.23. The lowest BCUT2D eigenvalue weighted by molar-refractivity contribution is 0.160. The van der Waals surface area contributed by atoms with Gasteiger partial charge in [0.25, 0.3) is 0 Å².